The van der Waals surface area contributed by atoms with Gasteiger partial charge in [-0.25, -0.2) is 13.4 Å². The predicted molar refractivity (Wildman–Crippen MR) is 131 cm³/mol. The van der Waals surface area contributed by atoms with Crippen LogP contribution in [-0.4, -0.2) is 37.5 Å². The molecule has 34 heavy (non-hydrogen) atoms. The lowest BCUT2D eigenvalue weighted by Crippen LogP contribution is -2.31. The smallest absolute Gasteiger partial charge is 0.269 e. The number of carbonyl (C=O) groups is 2. The van der Waals surface area contributed by atoms with Crippen LogP contribution >= 0.6 is 11.6 Å². The molecule has 9 heteroatoms. The molecule has 1 N–H and O–H groups in total. The van der Waals surface area contributed by atoms with Gasteiger partial charge in [0.05, 0.1) is 5.69 Å². The quantitative estimate of drug-likeness (QED) is 0.475. The number of aromatic nitrogens is 1. The summed E-state index contributed by atoms with van der Waals surface area (Å²) in [6.07, 6.45) is 2.65. The Hall–Kier alpha value is -3.23. The van der Waals surface area contributed by atoms with Crippen molar-refractivity contribution in [1.82, 2.24) is 10.3 Å². The molecule has 1 aromatic heterocycles. The van der Waals surface area contributed by atoms with Crippen molar-refractivity contribution < 1.29 is 18.0 Å². The first-order valence-corrected chi connectivity index (χ1v) is 13.0. The Kier molecular flexibility index (Phi) is 7.29. The molecule has 4 rings (SSSR count). The van der Waals surface area contributed by atoms with E-state index in [1.54, 1.807) is 24.3 Å². The fourth-order valence-electron chi connectivity index (χ4n) is 3.94. The van der Waals surface area contributed by atoms with E-state index in [9.17, 15) is 18.0 Å². The molecule has 7 nitrogen and oxygen atoms in total. The van der Waals surface area contributed by atoms with Gasteiger partial charge in [-0.1, -0.05) is 54.1 Å². The predicted octanol–water partition coefficient (Wildman–Crippen LogP) is 3.95. The first-order valence-electron chi connectivity index (χ1n) is 10.9. The van der Waals surface area contributed by atoms with Gasteiger partial charge < -0.3 is 5.32 Å². The highest BCUT2D eigenvalue weighted by Crippen LogP contribution is 2.37. The van der Waals surface area contributed by atoms with Crippen LogP contribution in [0.25, 0.3) is 0 Å². The van der Waals surface area contributed by atoms with E-state index in [0.29, 0.717) is 17.3 Å². The number of unbranched alkanes of at least 4 members (excludes halogenated alkanes) is 1. The van der Waals surface area contributed by atoms with Crippen molar-refractivity contribution in [1.29, 1.82) is 0 Å². The highest BCUT2D eigenvalue weighted by atomic mass is 35.5. The summed E-state index contributed by atoms with van der Waals surface area (Å²) in [5, 5.41) is 1.89. The molecular weight excluding hydrogens is 474 g/mol. The second-order valence-corrected chi connectivity index (χ2v) is 10.5. The lowest BCUT2D eigenvalue weighted by molar-refractivity contribution is -0.115. The summed E-state index contributed by atoms with van der Waals surface area (Å²) in [6.45, 7) is 0.479. The average Bonchev–Trinajstić information content (AvgIpc) is 3.07. The third kappa shape index (κ3) is 5.46. The zero-order chi connectivity index (χ0) is 24.1. The minimum Gasteiger partial charge on any atom is -0.351 e. The SMILES string of the molecule is O=C(NCCCCc1ccccc1)c1cccc(C2N(c3cccc(Cl)c3)C(=O)CS2(=O)=O)n1. The van der Waals surface area contributed by atoms with Gasteiger partial charge in [0.1, 0.15) is 11.4 Å². The van der Waals surface area contributed by atoms with E-state index in [1.807, 2.05) is 18.2 Å². The van der Waals surface area contributed by atoms with Gasteiger partial charge in [-0.2, -0.15) is 0 Å². The molecule has 0 aliphatic carbocycles. The largest absolute Gasteiger partial charge is 0.351 e. The number of carbonyl (C=O) groups excluding carboxylic acids is 2. The molecule has 1 unspecified atom stereocenters. The van der Waals surface area contributed by atoms with Crippen LogP contribution in [0.2, 0.25) is 5.02 Å². The second kappa shape index (κ2) is 10.4. The first-order chi connectivity index (χ1) is 16.3. The Bertz CT molecular complexity index is 1300. The fraction of sp³-hybridized carbons (Fsp3) is 0.240. The van der Waals surface area contributed by atoms with E-state index >= 15 is 0 Å². The fourth-order valence-corrected chi connectivity index (χ4v) is 5.83. The highest BCUT2D eigenvalue weighted by Gasteiger charge is 2.46. The zero-order valence-electron chi connectivity index (χ0n) is 18.4. The van der Waals surface area contributed by atoms with Crippen molar-refractivity contribution in [3.63, 3.8) is 0 Å². The van der Waals surface area contributed by atoms with Crippen LogP contribution in [0.4, 0.5) is 5.69 Å². The second-order valence-electron chi connectivity index (χ2n) is 8.05. The van der Waals surface area contributed by atoms with Crippen LogP contribution in [0.15, 0.2) is 72.8 Å². The molecule has 176 valence electrons. The van der Waals surface area contributed by atoms with Gasteiger partial charge in [0.25, 0.3) is 5.91 Å². The molecule has 2 heterocycles. The molecule has 1 fully saturated rings. The summed E-state index contributed by atoms with van der Waals surface area (Å²) in [5.41, 5.74) is 1.82. The van der Waals surface area contributed by atoms with Crippen molar-refractivity contribution >= 4 is 38.9 Å². The number of nitrogens with one attached hydrogen (secondary N) is 1. The Balaban J connectivity index is 1.46. The maximum absolute atomic E-state index is 12.8. The first kappa shape index (κ1) is 23.9. The van der Waals surface area contributed by atoms with Crippen LogP contribution in [0.3, 0.4) is 0 Å². The summed E-state index contributed by atoms with van der Waals surface area (Å²) in [4.78, 5) is 30.7. The zero-order valence-corrected chi connectivity index (χ0v) is 19.9. The molecule has 3 aromatic rings. The number of anilines is 1. The lowest BCUT2D eigenvalue weighted by Gasteiger charge is -2.23. The van der Waals surface area contributed by atoms with Crippen LogP contribution in [0.5, 0.6) is 0 Å². The summed E-state index contributed by atoms with van der Waals surface area (Å²) >= 11 is 6.05. The normalized spacial score (nSPS) is 17.0. The van der Waals surface area contributed by atoms with Crippen LogP contribution in [-0.2, 0) is 21.1 Å². The lowest BCUT2D eigenvalue weighted by atomic mass is 10.1. The number of sulfone groups is 1. The van der Waals surface area contributed by atoms with E-state index in [1.165, 1.54) is 28.7 Å². The minimum absolute atomic E-state index is 0.0983. The number of hydrogen-bond donors (Lipinski definition) is 1. The van der Waals surface area contributed by atoms with E-state index in [2.05, 4.69) is 22.4 Å². The van der Waals surface area contributed by atoms with Gasteiger partial charge in [-0.05, 0) is 55.2 Å². The van der Waals surface area contributed by atoms with E-state index in [-0.39, 0.29) is 11.4 Å². The number of halogens is 1. The number of pyridine rings is 1. The molecule has 0 radical (unpaired) electrons. The third-order valence-electron chi connectivity index (χ3n) is 5.53. The highest BCUT2D eigenvalue weighted by molar-refractivity contribution is 7.93. The van der Waals surface area contributed by atoms with Gasteiger partial charge in [0.2, 0.25) is 5.91 Å². The van der Waals surface area contributed by atoms with Crippen molar-refractivity contribution in [3.8, 4) is 0 Å². The number of aryl methyl sites for hydroxylation is 1. The van der Waals surface area contributed by atoms with Crippen molar-refractivity contribution in [2.75, 3.05) is 17.2 Å². The standard InChI is InChI=1S/C25H24ClN3O4S/c26-19-11-6-12-20(16-19)29-23(30)17-34(32,33)25(29)22-14-7-13-21(28-22)24(31)27-15-5-4-10-18-8-2-1-3-9-18/h1-3,6-9,11-14,16,25H,4-5,10,15,17H2,(H,27,31). The number of amides is 2. The molecule has 0 bridgehead atoms. The van der Waals surface area contributed by atoms with E-state index in [0.717, 1.165) is 19.3 Å². The Morgan fingerprint density at radius 2 is 1.79 bits per heavy atom. The summed E-state index contributed by atoms with van der Waals surface area (Å²) in [5.74, 6) is -1.59. The van der Waals surface area contributed by atoms with Crippen LogP contribution < -0.4 is 10.2 Å². The van der Waals surface area contributed by atoms with E-state index < -0.39 is 32.8 Å². The monoisotopic (exact) mass is 497 g/mol. The minimum atomic E-state index is -3.85. The van der Waals surface area contributed by atoms with Crippen molar-refractivity contribution in [3.05, 3.63) is 94.8 Å². The maximum atomic E-state index is 12.8. The van der Waals surface area contributed by atoms with Gasteiger partial charge in [0, 0.05) is 17.3 Å². The van der Waals surface area contributed by atoms with Crippen LogP contribution in [0.1, 0.15) is 40.0 Å². The molecule has 2 aromatic carbocycles. The summed E-state index contributed by atoms with van der Waals surface area (Å²) in [6, 6.07) is 21.1. The molecule has 1 aliphatic rings. The van der Waals surface area contributed by atoms with Crippen LogP contribution in [0, 0.1) is 0 Å². The van der Waals surface area contributed by atoms with Crippen molar-refractivity contribution in [2.24, 2.45) is 0 Å². The van der Waals surface area contributed by atoms with Gasteiger partial charge in [0.15, 0.2) is 15.2 Å². The Labute approximate surface area is 203 Å². The maximum Gasteiger partial charge on any atom is 0.269 e. The molecule has 1 aliphatic heterocycles. The number of hydrogen-bond acceptors (Lipinski definition) is 5. The van der Waals surface area contributed by atoms with Gasteiger partial charge in [-0.15, -0.1) is 0 Å². The molecule has 2 amide bonds. The molecule has 0 saturated carbocycles. The number of benzene rings is 2. The summed E-state index contributed by atoms with van der Waals surface area (Å²) < 4.78 is 25.7. The topological polar surface area (TPSA) is 96.4 Å². The molecular formula is C25H24ClN3O4S. The average molecular weight is 498 g/mol. The summed E-state index contributed by atoms with van der Waals surface area (Å²) in [7, 11) is -3.85. The van der Waals surface area contributed by atoms with Gasteiger partial charge in [-0.3, -0.25) is 14.5 Å². The number of rotatable bonds is 8. The Morgan fingerprint density at radius 1 is 1.03 bits per heavy atom. The third-order valence-corrected chi connectivity index (χ3v) is 7.55. The number of nitrogens with zero attached hydrogens (tertiary/aromatic N) is 2. The van der Waals surface area contributed by atoms with E-state index in [4.69, 9.17) is 11.6 Å². The van der Waals surface area contributed by atoms with Gasteiger partial charge >= 0.3 is 0 Å². The molecule has 1 atom stereocenters. The molecule has 0 spiro atoms. The Morgan fingerprint density at radius 3 is 2.56 bits per heavy atom. The van der Waals surface area contributed by atoms with Crippen molar-refractivity contribution in [2.45, 2.75) is 24.6 Å². The molecule has 1 saturated heterocycles.